The van der Waals surface area contributed by atoms with Gasteiger partial charge in [0, 0.05) is 35.1 Å². The molecule has 7 nitrogen and oxygen atoms in total. The highest BCUT2D eigenvalue weighted by molar-refractivity contribution is 6.31. The van der Waals surface area contributed by atoms with E-state index in [4.69, 9.17) is 16.3 Å². The summed E-state index contributed by atoms with van der Waals surface area (Å²) in [4.78, 5) is 23.3. The summed E-state index contributed by atoms with van der Waals surface area (Å²) in [6.07, 6.45) is 6.22. The van der Waals surface area contributed by atoms with E-state index in [-0.39, 0.29) is 10.9 Å². The Balaban J connectivity index is 1.45. The first-order valence-corrected chi connectivity index (χ1v) is 11.6. The second-order valence-corrected chi connectivity index (χ2v) is 9.21. The van der Waals surface area contributed by atoms with Crippen LogP contribution >= 0.6 is 11.6 Å². The molecule has 3 heterocycles. The van der Waals surface area contributed by atoms with E-state index in [0.29, 0.717) is 58.5 Å². The summed E-state index contributed by atoms with van der Waals surface area (Å²) in [6.45, 7) is 4.11. The summed E-state index contributed by atoms with van der Waals surface area (Å²) < 4.78 is 19.8. The maximum absolute atomic E-state index is 13.5. The third-order valence-corrected chi connectivity index (χ3v) is 7.12. The van der Waals surface area contributed by atoms with Gasteiger partial charge >= 0.3 is 0 Å². The second-order valence-electron chi connectivity index (χ2n) is 8.81. The first kappa shape index (κ1) is 22.6. The summed E-state index contributed by atoms with van der Waals surface area (Å²) >= 11 is 5.91. The molecule has 0 spiro atoms. The topological polar surface area (TPSA) is 79.4 Å². The van der Waals surface area contributed by atoms with Gasteiger partial charge in [0.15, 0.2) is 0 Å². The smallest absolute Gasteiger partial charge is 0.247 e. The van der Waals surface area contributed by atoms with E-state index in [2.05, 4.69) is 39.1 Å². The number of carbonyl (C=O) groups excluding carboxylic acids is 1. The minimum Gasteiger partial charge on any atom is -0.491 e. The summed E-state index contributed by atoms with van der Waals surface area (Å²) in [6, 6.07) is 9.08. The highest BCUT2D eigenvalue weighted by Crippen LogP contribution is 2.41. The number of halogens is 2. The molecule has 0 saturated carbocycles. The lowest BCUT2D eigenvalue weighted by atomic mass is 9.90. The number of fused-ring (bicyclic) bond motifs is 3. The Morgan fingerprint density at radius 3 is 2.88 bits per heavy atom. The van der Waals surface area contributed by atoms with E-state index >= 15 is 0 Å². The highest BCUT2D eigenvalue weighted by Gasteiger charge is 2.44. The van der Waals surface area contributed by atoms with Gasteiger partial charge in [0.25, 0.3) is 0 Å². The molecular weight excluding hydrogens is 457 g/mol. The van der Waals surface area contributed by atoms with Crippen molar-refractivity contribution in [2.24, 2.45) is 5.92 Å². The summed E-state index contributed by atoms with van der Waals surface area (Å²) in [5.41, 5.74) is 1.72. The van der Waals surface area contributed by atoms with Crippen LogP contribution in [0.3, 0.4) is 0 Å². The van der Waals surface area contributed by atoms with Crippen molar-refractivity contribution in [3.8, 4) is 5.75 Å². The molecule has 2 bridgehead atoms. The molecule has 1 amide bonds. The Kier molecular flexibility index (Phi) is 6.10. The molecule has 9 heteroatoms. The number of rotatable bonds is 7. The molecule has 5 rings (SSSR count). The van der Waals surface area contributed by atoms with Crippen LogP contribution in [0.15, 0.2) is 49.3 Å². The van der Waals surface area contributed by atoms with Gasteiger partial charge in [-0.1, -0.05) is 18.2 Å². The third-order valence-electron chi connectivity index (χ3n) is 6.83. The van der Waals surface area contributed by atoms with E-state index in [0.717, 1.165) is 6.42 Å². The van der Waals surface area contributed by atoms with Gasteiger partial charge < -0.3 is 20.3 Å². The number of carbonyl (C=O) groups is 1. The van der Waals surface area contributed by atoms with E-state index < -0.39 is 5.82 Å². The number of aromatic nitrogens is 2. The summed E-state index contributed by atoms with van der Waals surface area (Å²) in [5, 5.41) is 6.64. The molecule has 2 saturated heterocycles. The molecule has 0 aliphatic carbocycles. The Hall–Kier alpha value is -3.23. The average Bonchev–Trinajstić information content (AvgIpc) is 3.34. The monoisotopic (exact) mass is 481 g/mol. The van der Waals surface area contributed by atoms with Crippen LogP contribution < -0.4 is 15.4 Å². The largest absolute Gasteiger partial charge is 0.491 e. The van der Waals surface area contributed by atoms with Crippen molar-refractivity contribution < 1.29 is 13.9 Å². The minimum atomic E-state index is -0.502. The van der Waals surface area contributed by atoms with Crippen molar-refractivity contribution >= 4 is 45.6 Å². The number of nitrogens with one attached hydrogen (secondary N) is 2. The molecule has 2 aliphatic heterocycles. The summed E-state index contributed by atoms with van der Waals surface area (Å²) in [5.74, 6) is 0.636. The third kappa shape index (κ3) is 4.31. The number of ether oxygens (including phenoxy) is 1. The van der Waals surface area contributed by atoms with Crippen LogP contribution in [0.2, 0.25) is 5.02 Å². The van der Waals surface area contributed by atoms with Crippen molar-refractivity contribution in [2.45, 2.75) is 31.3 Å². The van der Waals surface area contributed by atoms with Gasteiger partial charge in [0.1, 0.15) is 23.7 Å². The van der Waals surface area contributed by atoms with E-state index in [1.54, 1.807) is 18.2 Å². The van der Waals surface area contributed by atoms with Crippen LogP contribution in [0.4, 0.5) is 21.6 Å². The second kappa shape index (κ2) is 9.19. The lowest BCUT2D eigenvalue weighted by molar-refractivity contribution is -0.111. The van der Waals surface area contributed by atoms with Crippen LogP contribution in [-0.2, 0) is 4.79 Å². The van der Waals surface area contributed by atoms with Crippen molar-refractivity contribution in [1.82, 2.24) is 14.9 Å². The molecule has 2 N–H and O–H groups in total. The number of benzene rings is 2. The lowest BCUT2D eigenvalue weighted by Gasteiger charge is -2.23. The SMILES string of the molecule is C=CC(=O)Nc1cc2c(Nc3ccc(F)c(Cl)c3)ncnc2cc1OCC1CC2CCC1N2C. The number of amides is 1. The molecule has 3 unspecified atom stereocenters. The minimum absolute atomic E-state index is 0.00393. The zero-order chi connectivity index (χ0) is 23.8. The molecule has 2 aromatic carbocycles. The van der Waals surface area contributed by atoms with Crippen molar-refractivity contribution in [3.63, 3.8) is 0 Å². The van der Waals surface area contributed by atoms with E-state index in [9.17, 15) is 9.18 Å². The molecule has 3 aromatic rings. The van der Waals surface area contributed by atoms with Crippen LogP contribution in [0.25, 0.3) is 10.9 Å². The quantitative estimate of drug-likeness (QED) is 0.454. The maximum Gasteiger partial charge on any atom is 0.247 e. The van der Waals surface area contributed by atoms with Gasteiger partial charge in [-0.2, -0.15) is 0 Å². The average molecular weight is 482 g/mol. The summed E-state index contributed by atoms with van der Waals surface area (Å²) in [7, 11) is 2.19. The van der Waals surface area contributed by atoms with Gasteiger partial charge in [0.2, 0.25) is 5.91 Å². The van der Waals surface area contributed by atoms with Crippen LogP contribution in [0.5, 0.6) is 5.75 Å². The van der Waals surface area contributed by atoms with Gasteiger partial charge in [-0.15, -0.1) is 0 Å². The normalized spacial score (nSPS) is 21.6. The van der Waals surface area contributed by atoms with Crippen molar-refractivity contribution in [3.05, 3.63) is 60.2 Å². The highest BCUT2D eigenvalue weighted by atomic mass is 35.5. The van der Waals surface area contributed by atoms with Crippen LogP contribution in [0, 0.1) is 11.7 Å². The number of nitrogens with zero attached hydrogens (tertiary/aromatic N) is 3. The van der Waals surface area contributed by atoms with Crippen molar-refractivity contribution in [2.75, 3.05) is 24.3 Å². The molecule has 3 atom stereocenters. The van der Waals surface area contributed by atoms with Gasteiger partial charge in [-0.05, 0) is 56.7 Å². The molecule has 2 fully saturated rings. The van der Waals surface area contributed by atoms with E-state index in [1.807, 2.05) is 0 Å². The van der Waals surface area contributed by atoms with Gasteiger partial charge in [0.05, 0.1) is 22.8 Å². The Labute approximate surface area is 202 Å². The molecule has 1 aromatic heterocycles. The molecule has 0 radical (unpaired) electrons. The molecular formula is C25H25ClFN5O2. The van der Waals surface area contributed by atoms with Crippen LogP contribution in [-0.4, -0.2) is 46.5 Å². The standard InChI is InChI=1S/C25H25ClFN5O2/c1-3-24(33)31-21-10-17-20(11-23(21)34-12-14-8-16-5-7-22(14)32(16)2)28-13-29-25(17)30-15-4-6-19(27)18(26)9-15/h3-4,6,9-11,13-14,16,22H,1,5,7-8,12H2,2H3,(H,31,33)(H,28,29,30). The molecule has 176 valence electrons. The fourth-order valence-electron chi connectivity index (χ4n) is 5.07. The van der Waals surface area contributed by atoms with Crippen molar-refractivity contribution in [1.29, 1.82) is 0 Å². The maximum atomic E-state index is 13.5. The number of hydrogen-bond donors (Lipinski definition) is 2. The predicted molar refractivity (Wildman–Crippen MR) is 131 cm³/mol. The Morgan fingerprint density at radius 2 is 2.18 bits per heavy atom. The zero-order valence-corrected chi connectivity index (χ0v) is 19.5. The molecule has 2 aliphatic rings. The Morgan fingerprint density at radius 1 is 1.32 bits per heavy atom. The van der Waals surface area contributed by atoms with Gasteiger partial charge in [-0.25, -0.2) is 14.4 Å². The molecule has 34 heavy (non-hydrogen) atoms. The van der Waals surface area contributed by atoms with Crippen LogP contribution in [0.1, 0.15) is 19.3 Å². The van der Waals surface area contributed by atoms with Gasteiger partial charge in [-0.3, -0.25) is 4.79 Å². The first-order valence-electron chi connectivity index (χ1n) is 11.2. The predicted octanol–water partition coefficient (Wildman–Crippen LogP) is 5.15. The fraction of sp³-hybridized carbons (Fsp3) is 0.320. The lowest BCUT2D eigenvalue weighted by Crippen LogP contribution is -2.28. The number of anilines is 3. The zero-order valence-electron chi connectivity index (χ0n) is 18.7. The first-order chi connectivity index (χ1) is 16.4. The van der Waals surface area contributed by atoms with E-state index in [1.165, 1.54) is 37.4 Å². The Bertz CT molecular complexity index is 1270. The fourth-order valence-corrected chi connectivity index (χ4v) is 5.25. The number of hydrogen-bond acceptors (Lipinski definition) is 6.